The zero-order chi connectivity index (χ0) is 10.6. The van der Waals surface area contributed by atoms with Gasteiger partial charge in [-0.15, -0.1) is 0 Å². The molecule has 3 N–H and O–H groups in total. The second-order valence-electron chi connectivity index (χ2n) is 2.99. The standard InChI is InChI=1S/C11H15NO2/c1-8-5-6-10(14-2)9(11(8)13)4-3-7-12/h3-6,13H,7,12H2,1-2H3/b4-3+. The molecule has 0 fully saturated rings. The Bertz CT molecular complexity index is 345. The summed E-state index contributed by atoms with van der Waals surface area (Å²) < 4.78 is 5.13. The van der Waals surface area contributed by atoms with Crippen LogP contribution in [0, 0.1) is 6.92 Å². The minimum atomic E-state index is 0.244. The van der Waals surface area contributed by atoms with Crippen molar-refractivity contribution in [2.75, 3.05) is 13.7 Å². The van der Waals surface area contributed by atoms with Gasteiger partial charge in [-0.05, 0) is 18.6 Å². The minimum Gasteiger partial charge on any atom is -0.507 e. The van der Waals surface area contributed by atoms with Gasteiger partial charge in [0, 0.05) is 6.54 Å². The lowest BCUT2D eigenvalue weighted by Crippen LogP contribution is -1.93. The summed E-state index contributed by atoms with van der Waals surface area (Å²) in [4.78, 5) is 0. The van der Waals surface area contributed by atoms with E-state index in [2.05, 4.69) is 0 Å². The Hall–Kier alpha value is -1.48. The highest BCUT2D eigenvalue weighted by Gasteiger charge is 2.07. The molecule has 0 radical (unpaired) electrons. The maximum absolute atomic E-state index is 9.76. The number of nitrogens with two attached hydrogens (primary N) is 1. The monoisotopic (exact) mass is 193 g/mol. The first kappa shape index (κ1) is 10.6. The van der Waals surface area contributed by atoms with Crippen molar-refractivity contribution >= 4 is 6.08 Å². The number of phenolic OH excluding ortho intramolecular Hbond substituents is 1. The molecule has 0 amide bonds. The molecule has 1 aromatic rings. The number of aromatic hydroxyl groups is 1. The van der Waals surface area contributed by atoms with Crippen LogP contribution in [0.3, 0.4) is 0 Å². The molecule has 76 valence electrons. The fourth-order valence-electron chi connectivity index (χ4n) is 1.22. The van der Waals surface area contributed by atoms with Gasteiger partial charge in [0.25, 0.3) is 0 Å². The average molecular weight is 193 g/mol. The third-order valence-electron chi connectivity index (χ3n) is 2.02. The summed E-state index contributed by atoms with van der Waals surface area (Å²) in [7, 11) is 1.57. The van der Waals surface area contributed by atoms with Crippen LogP contribution in [0.25, 0.3) is 6.08 Å². The van der Waals surface area contributed by atoms with Gasteiger partial charge >= 0.3 is 0 Å². The highest BCUT2D eigenvalue weighted by molar-refractivity contribution is 5.66. The van der Waals surface area contributed by atoms with E-state index < -0.39 is 0 Å². The molecule has 1 rings (SSSR count). The Morgan fingerprint density at radius 2 is 2.21 bits per heavy atom. The van der Waals surface area contributed by atoms with Gasteiger partial charge in [-0.2, -0.15) is 0 Å². The predicted octanol–water partition coefficient (Wildman–Crippen LogP) is 1.68. The molecular weight excluding hydrogens is 178 g/mol. The van der Waals surface area contributed by atoms with E-state index in [1.807, 2.05) is 19.1 Å². The van der Waals surface area contributed by atoms with E-state index in [1.54, 1.807) is 19.3 Å². The summed E-state index contributed by atoms with van der Waals surface area (Å²) in [5.41, 5.74) is 6.85. The lowest BCUT2D eigenvalue weighted by molar-refractivity contribution is 0.405. The molecule has 0 saturated carbocycles. The van der Waals surface area contributed by atoms with Gasteiger partial charge in [-0.25, -0.2) is 0 Å². The Labute approximate surface area is 83.8 Å². The number of benzene rings is 1. The summed E-state index contributed by atoms with van der Waals surface area (Å²) in [5, 5.41) is 9.76. The zero-order valence-corrected chi connectivity index (χ0v) is 8.45. The van der Waals surface area contributed by atoms with Crippen LogP contribution in [0.5, 0.6) is 11.5 Å². The lowest BCUT2D eigenvalue weighted by atomic mass is 10.1. The fraction of sp³-hybridized carbons (Fsp3) is 0.273. The van der Waals surface area contributed by atoms with Crippen molar-refractivity contribution in [1.29, 1.82) is 0 Å². The third kappa shape index (κ3) is 2.06. The van der Waals surface area contributed by atoms with Crippen molar-refractivity contribution in [1.82, 2.24) is 0 Å². The molecule has 0 aliphatic heterocycles. The molecule has 3 heteroatoms. The Kier molecular flexibility index (Phi) is 3.54. The van der Waals surface area contributed by atoms with Crippen LogP contribution in [0.4, 0.5) is 0 Å². The summed E-state index contributed by atoms with van der Waals surface area (Å²) in [6.07, 6.45) is 3.54. The highest BCUT2D eigenvalue weighted by Crippen LogP contribution is 2.31. The molecule has 0 spiro atoms. The van der Waals surface area contributed by atoms with E-state index in [1.165, 1.54) is 0 Å². The molecule has 1 aromatic carbocycles. The van der Waals surface area contributed by atoms with Crippen molar-refractivity contribution in [3.05, 3.63) is 29.3 Å². The molecule has 14 heavy (non-hydrogen) atoms. The van der Waals surface area contributed by atoms with Gasteiger partial charge in [0.2, 0.25) is 0 Å². The molecule has 0 atom stereocenters. The number of hydrogen-bond acceptors (Lipinski definition) is 3. The minimum absolute atomic E-state index is 0.244. The van der Waals surface area contributed by atoms with E-state index in [-0.39, 0.29) is 5.75 Å². The smallest absolute Gasteiger partial charge is 0.129 e. The van der Waals surface area contributed by atoms with Crippen molar-refractivity contribution in [3.63, 3.8) is 0 Å². The van der Waals surface area contributed by atoms with Gasteiger partial charge in [0.15, 0.2) is 0 Å². The largest absolute Gasteiger partial charge is 0.507 e. The molecule has 0 aliphatic carbocycles. The summed E-state index contributed by atoms with van der Waals surface area (Å²) in [5.74, 6) is 0.895. The molecule has 0 heterocycles. The normalized spacial score (nSPS) is 10.8. The maximum Gasteiger partial charge on any atom is 0.129 e. The van der Waals surface area contributed by atoms with Crippen molar-refractivity contribution in [2.24, 2.45) is 5.73 Å². The van der Waals surface area contributed by atoms with Crippen LogP contribution >= 0.6 is 0 Å². The highest BCUT2D eigenvalue weighted by atomic mass is 16.5. The van der Waals surface area contributed by atoms with Crippen LogP contribution in [-0.4, -0.2) is 18.8 Å². The Morgan fingerprint density at radius 1 is 1.50 bits per heavy atom. The fourth-order valence-corrected chi connectivity index (χ4v) is 1.22. The zero-order valence-electron chi connectivity index (χ0n) is 8.45. The average Bonchev–Trinajstić information content (AvgIpc) is 2.20. The van der Waals surface area contributed by atoms with Crippen LogP contribution in [-0.2, 0) is 0 Å². The number of methoxy groups -OCH3 is 1. The van der Waals surface area contributed by atoms with Gasteiger partial charge < -0.3 is 15.6 Å². The number of aryl methyl sites for hydroxylation is 1. The molecular formula is C11H15NO2. The van der Waals surface area contributed by atoms with Crippen LogP contribution in [0.2, 0.25) is 0 Å². The van der Waals surface area contributed by atoms with Crippen LogP contribution < -0.4 is 10.5 Å². The number of ether oxygens (including phenoxy) is 1. The second-order valence-corrected chi connectivity index (χ2v) is 2.99. The van der Waals surface area contributed by atoms with Gasteiger partial charge in [0.05, 0.1) is 12.7 Å². The molecule has 0 aliphatic rings. The SMILES string of the molecule is COc1ccc(C)c(O)c1/C=C/CN. The number of hydrogen-bond donors (Lipinski definition) is 2. The quantitative estimate of drug-likeness (QED) is 0.768. The Balaban J connectivity index is 3.21. The van der Waals surface area contributed by atoms with Crippen molar-refractivity contribution < 1.29 is 9.84 Å². The summed E-state index contributed by atoms with van der Waals surface area (Å²) in [6, 6.07) is 3.64. The predicted molar refractivity (Wildman–Crippen MR) is 57.5 cm³/mol. The molecule has 0 unspecified atom stereocenters. The van der Waals surface area contributed by atoms with Crippen molar-refractivity contribution in [3.8, 4) is 11.5 Å². The maximum atomic E-state index is 9.76. The summed E-state index contributed by atoms with van der Waals surface area (Å²) in [6.45, 7) is 2.28. The molecule has 0 aromatic heterocycles. The molecule has 3 nitrogen and oxygen atoms in total. The third-order valence-corrected chi connectivity index (χ3v) is 2.02. The van der Waals surface area contributed by atoms with E-state index in [9.17, 15) is 5.11 Å². The first-order chi connectivity index (χ1) is 6.70. The van der Waals surface area contributed by atoms with E-state index in [0.717, 1.165) is 5.56 Å². The van der Waals surface area contributed by atoms with Gasteiger partial charge in [-0.1, -0.05) is 18.2 Å². The van der Waals surface area contributed by atoms with E-state index in [0.29, 0.717) is 17.9 Å². The molecule has 0 saturated heterocycles. The number of phenols is 1. The first-order valence-electron chi connectivity index (χ1n) is 4.44. The molecule has 0 bridgehead atoms. The Morgan fingerprint density at radius 3 is 2.79 bits per heavy atom. The van der Waals surface area contributed by atoms with Gasteiger partial charge in [0.1, 0.15) is 11.5 Å². The van der Waals surface area contributed by atoms with E-state index in [4.69, 9.17) is 10.5 Å². The van der Waals surface area contributed by atoms with Crippen molar-refractivity contribution in [2.45, 2.75) is 6.92 Å². The van der Waals surface area contributed by atoms with Crippen LogP contribution in [0.1, 0.15) is 11.1 Å². The topological polar surface area (TPSA) is 55.5 Å². The first-order valence-corrected chi connectivity index (χ1v) is 4.44. The van der Waals surface area contributed by atoms with E-state index >= 15 is 0 Å². The lowest BCUT2D eigenvalue weighted by Gasteiger charge is -2.08. The number of rotatable bonds is 3. The second kappa shape index (κ2) is 4.67. The van der Waals surface area contributed by atoms with Gasteiger partial charge in [-0.3, -0.25) is 0 Å². The summed E-state index contributed by atoms with van der Waals surface area (Å²) >= 11 is 0. The van der Waals surface area contributed by atoms with Crippen LogP contribution in [0.15, 0.2) is 18.2 Å².